The number of hydrogen-bond acceptors (Lipinski definition) is 5. The van der Waals surface area contributed by atoms with Crippen LogP contribution in [0, 0.1) is 6.92 Å². The van der Waals surface area contributed by atoms with Crippen molar-refractivity contribution < 1.29 is 19.4 Å². The number of hydrogen-bond donors (Lipinski definition) is 2. The molecular weight excluding hydrogens is 344 g/mol. The molecule has 0 spiro atoms. The van der Waals surface area contributed by atoms with Crippen molar-refractivity contribution in [2.75, 3.05) is 6.61 Å². The number of rotatable bonds is 3. The molecule has 142 valence electrons. The molecule has 0 aromatic heterocycles. The zero-order valence-electron chi connectivity index (χ0n) is 15.9. The monoisotopic (exact) mass is 368 g/mol. The molecule has 1 heterocycles. The van der Waals surface area contributed by atoms with Crippen molar-refractivity contribution >= 4 is 12.1 Å². The van der Waals surface area contributed by atoms with E-state index < -0.39 is 12.0 Å². The first kappa shape index (κ1) is 18.8. The van der Waals surface area contributed by atoms with Crippen LogP contribution in [0.15, 0.2) is 41.5 Å². The van der Waals surface area contributed by atoms with E-state index in [1.165, 1.54) is 6.21 Å². The zero-order valence-corrected chi connectivity index (χ0v) is 15.9. The van der Waals surface area contributed by atoms with E-state index in [9.17, 15) is 9.90 Å². The number of nitrogens with one attached hydrogen (secondary N) is 1. The van der Waals surface area contributed by atoms with E-state index in [1.54, 1.807) is 12.1 Å². The number of aromatic hydroxyl groups is 1. The van der Waals surface area contributed by atoms with Crippen LogP contribution in [-0.4, -0.2) is 29.9 Å². The lowest BCUT2D eigenvalue weighted by molar-refractivity contribution is -0.130. The fraction of sp³-hybridized carbons (Fsp3) is 0.333. The molecule has 0 fully saturated rings. The largest absolute Gasteiger partial charge is 0.507 e. The third-order valence-corrected chi connectivity index (χ3v) is 4.33. The second-order valence-electron chi connectivity index (χ2n) is 7.63. The number of benzene rings is 2. The summed E-state index contributed by atoms with van der Waals surface area (Å²) in [5, 5.41) is 13.8. The van der Waals surface area contributed by atoms with Gasteiger partial charge in [-0.15, -0.1) is 0 Å². The lowest BCUT2D eigenvalue weighted by Gasteiger charge is -2.27. The van der Waals surface area contributed by atoms with Crippen molar-refractivity contribution in [2.45, 2.75) is 39.2 Å². The number of carbonyl (C=O) groups is 1. The topological polar surface area (TPSA) is 80.2 Å². The maximum absolute atomic E-state index is 12.3. The highest BCUT2D eigenvalue weighted by atomic mass is 16.6. The van der Waals surface area contributed by atoms with Gasteiger partial charge in [0.25, 0.3) is 5.91 Å². The summed E-state index contributed by atoms with van der Waals surface area (Å²) in [5.74, 6) is 0.868. The molecule has 6 nitrogen and oxygen atoms in total. The highest BCUT2D eigenvalue weighted by Crippen LogP contribution is 2.36. The van der Waals surface area contributed by atoms with E-state index in [4.69, 9.17) is 9.47 Å². The Morgan fingerprint density at radius 3 is 2.70 bits per heavy atom. The van der Waals surface area contributed by atoms with E-state index in [0.29, 0.717) is 17.1 Å². The third kappa shape index (κ3) is 4.39. The van der Waals surface area contributed by atoms with E-state index in [2.05, 4.69) is 31.3 Å². The zero-order chi connectivity index (χ0) is 19.6. The number of nitrogens with zero attached hydrogens (tertiary/aromatic N) is 1. The molecule has 3 rings (SSSR count). The molecule has 0 aliphatic carbocycles. The van der Waals surface area contributed by atoms with Crippen LogP contribution in [0.1, 0.15) is 37.5 Å². The van der Waals surface area contributed by atoms with Crippen LogP contribution in [0.4, 0.5) is 0 Å². The highest BCUT2D eigenvalue weighted by Gasteiger charge is 2.28. The van der Waals surface area contributed by atoms with Gasteiger partial charge in [0.1, 0.15) is 12.4 Å². The van der Waals surface area contributed by atoms with Gasteiger partial charge in [-0.2, -0.15) is 5.10 Å². The van der Waals surface area contributed by atoms with E-state index in [-0.39, 0.29) is 17.8 Å². The van der Waals surface area contributed by atoms with Gasteiger partial charge in [-0.05, 0) is 47.7 Å². The Kier molecular flexibility index (Phi) is 5.08. The first-order valence-corrected chi connectivity index (χ1v) is 8.80. The second kappa shape index (κ2) is 7.31. The average molecular weight is 368 g/mol. The van der Waals surface area contributed by atoms with Crippen LogP contribution in [0.3, 0.4) is 0 Å². The Balaban J connectivity index is 1.66. The maximum atomic E-state index is 12.3. The standard InChI is InChI=1S/C21H24N2O4/c1-13-5-6-14(16(24)9-13)11-22-23-20(25)19-12-26-17-8-7-15(21(2,3)4)10-18(17)27-19/h5-11,19,24H,12H2,1-4H3,(H,23,25)/b22-11+/t19-/m0/s1. The quantitative estimate of drug-likeness (QED) is 0.644. The number of fused-ring (bicyclic) bond motifs is 1. The van der Waals surface area contributed by atoms with Gasteiger partial charge < -0.3 is 14.6 Å². The molecule has 2 aromatic carbocycles. The molecule has 1 amide bonds. The summed E-state index contributed by atoms with van der Waals surface area (Å²) in [6, 6.07) is 11.0. The van der Waals surface area contributed by atoms with Gasteiger partial charge in [-0.3, -0.25) is 4.79 Å². The molecule has 0 saturated carbocycles. The molecule has 1 atom stereocenters. The number of amides is 1. The number of hydrazone groups is 1. The molecule has 1 aliphatic heterocycles. The summed E-state index contributed by atoms with van der Waals surface area (Å²) in [5.41, 5.74) is 4.95. The normalized spacial score (nSPS) is 16.4. The van der Waals surface area contributed by atoms with Gasteiger partial charge in [-0.1, -0.05) is 32.9 Å². The molecule has 0 bridgehead atoms. The van der Waals surface area contributed by atoms with Crippen LogP contribution in [0.25, 0.3) is 0 Å². The molecule has 1 aliphatic rings. The van der Waals surface area contributed by atoms with Crippen molar-refractivity contribution in [1.29, 1.82) is 0 Å². The van der Waals surface area contributed by atoms with Crippen molar-refractivity contribution in [2.24, 2.45) is 5.10 Å². The third-order valence-electron chi connectivity index (χ3n) is 4.33. The Labute approximate surface area is 158 Å². The van der Waals surface area contributed by atoms with E-state index in [1.807, 2.05) is 31.2 Å². The number of carbonyl (C=O) groups excluding carboxylic acids is 1. The first-order valence-electron chi connectivity index (χ1n) is 8.80. The number of phenols is 1. The predicted octanol–water partition coefficient (Wildman–Crippen LogP) is 3.29. The van der Waals surface area contributed by atoms with E-state index >= 15 is 0 Å². The number of aryl methyl sites for hydroxylation is 1. The summed E-state index contributed by atoms with van der Waals surface area (Å²) >= 11 is 0. The van der Waals surface area contributed by atoms with Crippen LogP contribution >= 0.6 is 0 Å². The predicted molar refractivity (Wildman–Crippen MR) is 104 cm³/mol. The van der Waals surface area contributed by atoms with Crippen LogP contribution in [-0.2, 0) is 10.2 Å². The van der Waals surface area contributed by atoms with Crippen molar-refractivity contribution in [3.05, 3.63) is 53.1 Å². The Hall–Kier alpha value is -3.02. The molecule has 0 saturated heterocycles. The molecule has 6 heteroatoms. The van der Waals surface area contributed by atoms with Crippen molar-refractivity contribution in [3.8, 4) is 17.2 Å². The summed E-state index contributed by atoms with van der Waals surface area (Å²) < 4.78 is 11.5. The van der Waals surface area contributed by atoms with Crippen molar-refractivity contribution in [1.82, 2.24) is 5.43 Å². The fourth-order valence-electron chi connectivity index (χ4n) is 2.67. The number of phenolic OH excluding ortho intramolecular Hbond substituents is 1. The minimum absolute atomic E-state index is 0.0338. The molecule has 27 heavy (non-hydrogen) atoms. The van der Waals surface area contributed by atoms with Gasteiger partial charge in [0.15, 0.2) is 11.5 Å². The minimum Gasteiger partial charge on any atom is -0.507 e. The molecule has 2 aromatic rings. The van der Waals surface area contributed by atoms with E-state index in [0.717, 1.165) is 11.1 Å². The summed E-state index contributed by atoms with van der Waals surface area (Å²) in [7, 11) is 0. The van der Waals surface area contributed by atoms with Gasteiger partial charge in [0, 0.05) is 5.56 Å². The Morgan fingerprint density at radius 1 is 1.22 bits per heavy atom. The van der Waals surface area contributed by atoms with Gasteiger partial charge in [-0.25, -0.2) is 5.43 Å². The SMILES string of the molecule is Cc1ccc(/C=N/NC(=O)[C@@H]2COc3ccc(C(C)(C)C)cc3O2)c(O)c1. The van der Waals surface area contributed by atoms with Gasteiger partial charge in [0.05, 0.1) is 6.21 Å². The van der Waals surface area contributed by atoms with Crippen LogP contribution in [0.2, 0.25) is 0 Å². The molecule has 0 unspecified atom stereocenters. The maximum Gasteiger partial charge on any atom is 0.284 e. The average Bonchev–Trinajstić information content (AvgIpc) is 2.61. The summed E-state index contributed by atoms with van der Waals surface area (Å²) in [6.07, 6.45) is 0.596. The lowest BCUT2D eigenvalue weighted by Crippen LogP contribution is -2.42. The highest BCUT2D eigenvalue weighted by molar-refractivity contribution is 5.86. The molecular formula is C21H24N2O4. The molecule has 0 radical (unpaired) electrons. The minimum atomic E-state index is -0.795. The fourth-order valence-corrected chi connectivity index (χ4v) is 2.67. The van der Waals surface area contributed by atoms with Crippen LogP contribution < -0.4 is 14.9 Å². The van der Waals surface area contributed by atoms with Crippen molar-refractivity contribution in [3.63, 3.8) is 0 Å². The Bertz CT molecular complexity index is 884. The van der Waals surface area contributed by atoms with Gasteiger partial charge in [0.2, 0.25) is 6.10 Å². The Morgan fingerprint density at radius 2 is 2.00 bits per heavy atom. The second-order valence-corrected chi connectivity index (χ2v) is 7.63. The summed E-state index contributed by atoms with van der Waals surface area (Å²) in [6.45, 7) is 8.32. The lowest BCUT2D eigenvalue weighted by atomic mass is 9.87. The smallest absolute Gasteiger partial charge is 0.284 e. The molecule has 2 N–H and O–H groups in total. The van der Waals surface area contributed by atoms with Gasteiger partial charge >= 0.3 is 0 Å². The number of ether oxygens (including phenoxy) is 2. The summed E-state index contributed by atoms with van der Waals surface area (Å²) in [4.78, 5) is 12.3. The first-order chi connectivity index (χ1) is 12.7. The van der Waals surface area contributed by atoms with Crippen LogP contribution in [0.5, 0.6) is 17.2 Å².